The number of hydrogen-bond donors (Lipinski definition) is 4. The van der Waals surface area contributed by atoms with E-state index < -0.39 is 23.5 Å². The number of amides is 2. The lowest BCUT2D eigenvalue weighted by Gasteiger charge is -2.21. The summed E-state index contributed by atoms with van der Waals surface area (Å²) in [4.78, 5) is 34.4. The fraction of sp³-hybridized carbons (Fsp3) is 0.312. The Balaban J connectivity index is 2.36. The zero-order chi connectivity index (χ0) is 17.4. The summed E-state index contributed by atoms with van der Waals surface area (Å²) in [6.45, 7) is 6.79. The molecule has 0 aliphatic carbocycles. The summed E-state index contributed by atoms with van der Waals surface area (Å²) >= 11 is 0. The molecule has 0 bridgehead atoms. The van der Waals surface area contributed by atoms with Crippen LogP contribution < -0.4 is 10.6 Å². The second kappa shape index (κ2) is 5.85. The molecular formula is C16H18N2O5. The van der Waals surface area contributed by atoms with Gasteiger partial charge in [0.25, 0.3) is 11.8 Å². The number of carbonyl (C=O) groups is 3. The van der Waals surface area contributed by atoms with Gasteiger partial charge >= 0.3 is 5.97 Å². The number of carboxylic acid groups (broad SMARTS) is 1. The van der Waals surface area contributed by atoms with E-state index in [1.165, 1.54) is 12.2 Å². The van der Waals surface area contributed by atoms with E-state index in [2.05, 4.69) is 17.2 Å². The number of aliphatic hydroxyl groups is 1. The first-order valence-electron chi connectivity index (χ1n) is 7.04. The molecule has 2 amide bonds. The first-order chi connectivity index (χ1) is 10.7. The van der Waals surface area contributed by atoms with Crippen LogP contribution in [-0.2, 0) is 14.4 Å². The molecule has 23 heavy (non-hydrogen) atoms. The van der Waals surface area contributed by atoms with Crippen LogP contribution in [0.2, 0.25) is 0 Å². The third-order valence-corrected chi connectivity index (χ3v) is 4.05. The molecule has 1 atom stereocenters. The molecule has 2 aliphatic heterocycles. The standard InChI is InChI=1S/C16H18N2O5/c1-4-10-9(3)16(23,18-15(10)22)7-12-8(2)11(14(21)17-12)5-6-13(19)20/h4,7,23H,1,5-6H2,2-3H3,(H,17,21)(H,18,22)(H,19,20)/b12-7+. The fourth-order valence-corrected chi connectivity index (χ4v) is 2.61. The van der Waals surface area contributed by atoms with Gasteiger partial charge in [0.05, 0.1) is 0 Å². The molecule has 4 N–H and O–H groups in total. The predicted molar refractivity (Wildman–Crippen MR) is 81.8 cm³/mol. The van der Waals surface area contributed by atoms with Gasteiger partial charge in [0.15, 0.2) is 5.72 Å². The van der Waals surface area contributed by atoms with Crippen LogP contribution in [0, 0.1) is 0 Å². The Hall–Kier alpha value is -2.67. The van der Waals surface area contributed by atoms with E-state index in [0.29, 0.717) is 22.4 Å². The van der Waals surface area contributed by atoms with Gasteiger partial charge in [-0.25, -0.2) is 0 Å². The van der Waals surface area contributed by atoms with Gasteiger partial charge in [0, 0.05) is 23.3 Å². The molecule has 0 aromatic carbocycles. The Morgan fingerprint density at radius 3 is 2.48 bits per heavy atom. The van der Waals surface area contributed by atoms with E-state index in [9.17, 15) is 19.5 Å². The second-order valence-electron chi connectivity index (χ2n) is 5.47. The summed E-state index contributed by atoms with van der Waals surface area (Å²) in [5, 5.41) is 24.4. The molecule has 7 heteroatoms. The Kier molecular flexibility index (Phi) is 4.24. The Morgan fingerprint density at radius 1 is 1.30 bits per heavy atom. The van der Waals surface area contributed by atoms with Crippen LogP contribution >= 0.6 is 0 Å². The first kappa shape index (κ1) is 16.7. The molecule has 0 aromatic rings. The Morgan fingerprint density at radius 2 is 1.96 bits per heavy atom. The highest BCUT2D eigenvalue weighted by Gasteiger charge is 2.40. The third kappa shape index (κ3) is 2.95. The molecule has 122 valence electrons. The van der Waals surface area contributed by atoms with Crippen LogP contribution in [0.4, 0.5) is 0 Å². The maximum absolute atomic E-state index is 12.0. The zero-order valence-corrected chi connectivity index (χ0v) is 12.9. The van der Waals surface area contributed by atoms with E-state index in [1.807, 2.05) is 0 Å². The molecule has 0 saturated carbocycles. The number of carbonyl (C=O) groups excluding carboxylic acids is 2. The Labute approximate surface area is 133 Å². The monoisotopic (exact) mass is 318 g/mol. The topological polar surface area (TPSA) is 116 Å². The van der Waals surface area contributed by atoms with Crippen LogP contribution in [0.3, 0.4) is 0 Å². The largest absolute Gasteiger partial charge is 0.481 e. The number of rotatable bonds is 5. The number of nitrogens with one attached hydrogen (secondary N) is 2. The molecule has 0 radical (unpaired) electrons. The maximum Gasteiger partial charge on any atom is 0.303 e. The van der Waals surface area contributed by atoms with Crippen molar-refractivity contribution in [1.82, 2.24) is 10.6 Å². The SMILES string of the molecule is C=CC1=C(C)C(O)(/C=C2/NC(=O)C(CCC(=O)O)=C2C)NC1=O. The van der Waals surface area contributed by atoms with Crippen molar-refractivity contribution < 1.29 is 24.6 Å². The number of aliphatic carboxylic acids is 1. The van der Waals surface area contributed by atoms with Gasteiger partial charge in [-0.2, -0.15) is 0 Å². The highest BCUT2D eigenvalue weighted by atomic mass is 16.4. The van der Waals surface area contributed by atoms with E-state index in [-0.39, 0.29) is 18.4 Å². The summed E-state index contributed by atoms with van der Waals surface area (Å²) in [7, 11) is 0. The van der Waals surface area contributed by atoms with Gasteiger partial charge in [0.2, 0.25) is 0 Å². The third-order valence-electron chi connectivity index (χ3n) is 4.05. The highest BCUT2D eigenvalue weighted by Crippen LogP contribution is 2.31. The zero-order valence-electron chi connectivity index (χ0n) is 12.9. The van der Waals surface area contributed by atoms with Gasteiger partial charge < -0.3 is 20.8 Å². The average Bonchev–Trinajstić information content (AvgIpc) is 2.82. The highest BCUT2D eigenvalue weighted by molar-refractivity contribution is 6.02. The van der Waals surface area contributed by atoms with Gasteiger partial charge in [0.1, 0.15) is 0 Å². The summed E-state index contributed by atoms with van der Waals surface area (Å²) in [6.07, 6.45) is 2.64. The summed E-state index contributed by atoms with van der Waals surface area (Å²) in [6, 6.07) is 0. The lowest BCUT2D eigenvalue weighted by atomic mass is 9.99. The lowest BCUT2D eigenvalue weighted by molar-refractivity contribution is -0.137. The fourth-order valence-electron chi connectivity index (χ4n) is 2.61. The quantitative estimate of drug-likeness (QED) is 0.589. The summed E-state index contributed by atoms with van der Waals surface area (Å²) < 4.78 is 0. The lowest BCUT2D eigenvalue weighted by Crippen LogP contribution is -2.43. The molecular weight excluding hydrogens is 300 g/mol. The van der Waals surface area contributed by atoms with Gasteiger partial charge in [-0.15, -0.1) is 0 Å². The van der Waals surface area contributed by atoms with E-state index in [1.54, 1.807) is 13.8 Å². The van der Waals surface area contributed by atoms with Crippen LogP contribution in [-0.4, -0.2) is 33.7 Å². The van der Waals surface area contributed by atoms with Crippen molar-refractivity contribution in [3.05, 3.63) is 46.7 Å². The van der Waals surface area contributed by atoms with Crippen molar-refractivity contribution >= 4 is 17.8 Å². The smallest absolute Gasteiger partial charge is 0.303 e. The normalized spacial score (nSPS) is 26.0. The van der Waals surface area contributed by atoms with Gasteiger partial charge in [-0.1, -0.05) is 12.7 Å². The minimum Gasteiger partial charge on any atom is -0.481 e. The van der Waals surface area contributed by atoms with Crippen molar-refractivity contribution in [1.29, 1.82) is 0 Å². The van der Waals surface area contributed by atoms with Crippen molar-refractivity contribution in [3.63, 3.8) is 0 Å². The van der Waals surface area contributed by atoms with E-state index in [4.69, 9.17) is 5.11 Å². The van der Waals surface area contributed by atoms with Crippen LogP contribution in [0.25, 0.3) is 0 Å². The number of allylic oxidation sites excluding steroid dienone is 1. The van der Waals surface area contributed by atoms with Crippen molar-refractivity contribution in [2.24, 2.45) is 0 Å². The van der Waals surface area contributed by atoms with Crippen molar-refractivity contribution in [2.45, 2.75) is 32.4 Å². The molecule has 2 aliphatic rings. The van der Waals surface area contributed by atoms with E-state index in [0.717, 1.165) is 0 Å². The van der Waals surface area contributed by atoms with Crippen molar-refractivity contribution in [2.75, 3.05) is 0 Å². The second-order valence-corrected chi connectivity index (χ2v) is 5.47. The number of carboxylic acids is 1. The molecule has 0 spiro atoms. The van der Waals surface area contributed by atoms with Crippen molar-refractivity contribution in [3.8, 4) is 0 Å². The maximum atomic E-state index is 12.0. The predicted octanol–water partition coefficient (Wildman–Crippen LogP) is 0.502. The molecule has 7 nitrogen and oxygen atoms in total. The summed E-state index contributed by atoms with van der Waals surface area (Å²) in [5.74, 6) is -1.84. The minimum atomic E-state index is -1.72. The molecule has 2 heterocycles. The minimum absolute atomic E-state index is 0.0991. The van der Waals surface area contributed by atoms with Crippen LogP contribution in [0.1, 0.15) is 26.7 Å². The molecule has 2 rings (SSSR count). The van der Waals surface area contributed by atoms with Crippen LogP contribution in [0.5, 0.6) is 0 Å². The van der Waals surface area contributed by atoms with Crippen LogP contribution in [0.15, 0.2) is 46.7 Å². The Bertz CT molecular complexity index is 714. The molecule has 0 saturated heterocycles. The molecule has 1 unspecified atom stereocenters. The summed E-state index contributed by atoms with van der Waals surface area (Å²) in [5.41, 5.74) is 0.207. The average molecular weight is 318 g/mol. The van der Waals surface area contributed by atoms with Gasteiger partial charge in [-0.05, 0) is 37.5 Å². The number of hydrogen-bond acceptors (Lipinski definition) is 4. The molecule has 0 fully saturated rings. The molecule has 0 aromatic heterocycles. The first-order valence-corrected chi connectivity index (χ1v) is 7.04. The van der Waals surface area contributed by atoms with E-state index >= 15 is 0 Å². The van der Waals surface area contributed by atoms with Gasteiger partial charge in [-0.3, -0.25) is 14.4 Å².